The minimum atomic E-state index is -3.70. The average Bonchev–Trinajstić information content (AvgIpc) is 2.79. The molecule has 0 fully saturated rings. The van der Waals surface area contributed by atoms with Crippen molar-refractivity contribution in [3.8, 4) is 0 Å². The van der Waals surface area contributed by atoms with Gasteiger partial charge >= 0.3 is 0 Å². The van der Waals surface area contributed by atoms with Gasteiger partial charge in [-0.15, -0.1) is 0 Å². The topological polar surface area (TPSA) is 85.1 Å². The molecule has 2 aromatic carbocycles. The minimum absolute atomic E-state index is 0.0411. The molecule has 0 amide bonds. The molecular weight excluding hydrogens is 313 g/mol. The lowest BCUT2D eigenvalue weighted by atomic mass is 10.3. The number of sulfonamides is 1. The SMILES string of the molecule is NS(=O)(=O)c1ccc(Nc2nc3ccc(F)cc3s2)cc1. The first-order valence-corrected chi connectivity index (χ1v) is 8.24. The zero-order chi connectivity index (χ0) is 15.0. The molecule has 21 heavy (non-hydrogen) atoms. The van der Waals surface area contributed by atoms with E-state index in [1.54, 1.807) is 18.2 Å². The van der Waals surface area contributed by atoms with Gasteiger partial charge in [0.05, 0.1) is 15.1 Å². The second-order valence-corrected chi connectivity index (χ2v) is 6.92. The summed E-state index contributed by atoms with van der Waals surface area (Å²) in [6.07, 6.45) is 0. The molecule has 5 nitrogen and oxygen atoms in total. The first-order chi connectivity index (χ1) is 9.91. The predicted octanol–water partition coefficient (Wildman–Crippen LogP) is 2.83. The summed E-state index contributed by atoms with van der Waals surface area (Å²) in [4.78, 5) is 4.36. The van der Waals surface area contributed by atoms with Crippen LogP contribution in [0.15, 0.2) is 47.4 Å². The summed E-state index contributed by atoms with van der Waals surface area (Å²) < 4.78 is 36.2. The van der Waals surface area contributed by atoms with Crippen LogP contribution in [0.25, 0.3) is 10.2 Å². The molecule has 3 N–H and O–H groups in total. The van der Waals surface area contributed by atoms with Gasteiger partial charge in [-0.1, -0.05) is 11.3 Å². The molecule has 108 valence electrons. The summed E-state index contributed by atoms with van der Waals surface area (Å²) >= 11 is 1.31. The summed E-state index contributed by atoms with van der Waals surface area (Å²) in [7, 11) is -3.70. The van der Waals surface area contributed by atoms with Gasteiger partial charge in [-0.2, -0.15) is 0 Å². The van der Waals surface area contributed by atoms with Crippen molar-refractivity contribution in [1.82, 2.24) is 4.98 Å². The number of anilines is 2. The summed E-state index contributed by atoms with van der Waals surface area (Å²) in [5.41, 5.74) is 1.37. The molecule has 1 aromatic heterocycles. The second-order valence-electron chi connectivity index (χ2n) is 4.33. The lowest BCUT2D eigenvalue weighted by Gasteiger charge is -2.03. The number of thiazole rings is 1. The number of halogens is 1. The molecule has 0 saturated heterocycles. The molecule has 0 aliphatic carbocycles. The van der Waals surface area contributed by atoms with Gasteiger partial charge in [-0.05, 0) is 42.5 Å². The number of hydrogen-bond acceptors (Lipinski definition) is 5. The molecule has 0 bridgehead atoms. The maximum absolute atomic E-state index is 13.1. The molecule has 0 radical (unpaired) electrons. The molecule has 3 rings (SSSR count). The maximum atomic E-state index is 13.1. The van der Waals surface area contributed by atoms with Gasteiger partial charge in [0.25, 0.3) is 0 Å². The number of primary sulfonamides is 1. The van der Waals surface area contributed by atoms with Crippen LogP contribution in [-0.2, 0) is 10.0 Å². The van der Waals surface area contributed by atoms with Crippen molar-refractivity contribution in [3.05, 3.63) is 48.3 Å². The van der Waals surface area contributed by atoms with Crippen molar-refractivity contribution in [1.29, 1.82) is 0 Å². The number of hydrogen-bond donors (Lipinski definition) is 2. The van der Waals surface area contributed by atoms with Crippen molar-refractivity contribution in [2.75, 3.05) is 5.32 Å². The van der Waals surface area contributed by atoms with Gasteiger partial charge in [-0.25, -0.2) is 22.9 Å². The molecule has 8 heteroatoms. The van der Waals surface area contributed by atoms with Gasteiger partial charge in [-0.3, -0.25) is 0 Å². The summed E-state index contributed by atoms with van der Waals surface area (Å²) in [6.45, 7) is 0. The summed E-state index contributed by atoms with van der Waals surface area (Å²) in [5.74, 6) is -0.310. The van der Waals surface area contributed by atoms with Gasteiger partial charge in [0, 0.05) is 5.69 Å². The molecule has 0 aliphatic rings. The van der Waals surface area contributed by atoms with E-state index in [2.05, 4.69) is 10.3 Å². The largest absolute Gasteiger partial charge is 0.332 e. The number of benzene rings is 2. The first-order valence-electron chi connectivity index (χ1n) is 5.88. The van der Waals surface area contributed by atoms with E-state index >= 15 is 0 Å². The molecule has 1 heterocycles. The fourth-order valence-corrected chi connectivity index (χ4v) is 3.23. The number of nitrogens with zero attached hydrogens (tertiary/aromatic N) is 1. The zero-order valence-electron chi connectivity index (χ0n) is 10.6. The molecule has 0 aliphatic heterocycles. The van der Waals surface area contributed by atoms with E-state index in [0.717, 1.165) is 4.70 Å². The Morgan fingerprint density at radius 2 is 1.86 bits per heavy atom. The van der Waals surface area contributed by atoms with E-state index in [0.29, 0.717) is 16.3 Å². The fourth-order valence-electron chi connectivity index (χ4n) is 1.80. The Kier molecular flexibility index (Phi) is 3.36. The highest BCUT2D eigenvalue weighted by Gasteiger charge is 2.08. The van der Waals surface area contributed by atoms with Crippen LogP contribution in [0.4, 0.5) is 15.2 Å². The fraction of sp³-hybridized carbons (Fsp3) is 0. The highest BCUT2D eigenvalue weighted by atomic mass is 32.2. The highest BCUT2D eigenvalue weighted by molar-refractivity contribution is 7.89. The Labute approximate surface area is 124 Å². The predicted molar refractivity (Wildman–Crippen MR) is 80.7 cm³/mol. The van der Waals surface area contributed by atoms with Crippen molar-refractivity contribution in [3.63, 3.8) is 0 Å². The number of aromatic nitrogens is 1. The van der Waals surface area contributed by atoms with Gasteiger partial charge in [0.2, 0.25) is 10.0 Å². The number of rotatable bonds is 3. The Morgan fingerprint density at radius 3 is 2.52 bits per heavy atom. The average molecular weight is 323 g/mol. The van der Waals surface area contributed by atoms with Crippen molar-refractivity contribution < 1.29 is 12.8 Å². The zero-order valence-corrected chi connectivity index (χ0v) is 12.2. The maximum Gasteiger partial charge on any atom is 0.238 e. The summed E-state index contributed by atoms with van der Waals surface area (Å²) in [6, 6.07) is 10.4. The van der Waals surface area contributed by atoms with E-state index in [9.17, 15) is 12.8 Å². The lowest BCUT2D eigenvalue weighted by molar-refractivity contribution is 0.598. The van der Waals surface area contributed by atoms with Crippen LogP contribution in [0, 0.1) is 5.82 Å². The number of fused-ring (bicyclic) bond motifs is 1. The van der Waals surface area contributed by atoms with Gasteiger partial charge in [0.15, 0.2) is 5.13 Å². The highest BCUT2D eigenvalue weighted by Crippen LogP contribution is 2.29. The third kappa shape index (κ3) is 3.02. The normalized spacial score (nSPS) is 11.7. The van der Waals surface area contributed by atoms with Crippen molar-refractivity contribution in [2.24, 2.45) is 5.14 Å². The number of nitrogens with one attached hydrogen (secondary N) is 1. The Hall–Kier alpha value is -2.03. The molecule has 0 spiro atoms. The molecule has 3 aromatic rings. The minimum Gasteiger partial charge on any atom is -0.332 e. The molecule has 0 atom stereocenters. The van der Waals surface area contributed by atoms with Crippen LogP contribution >= 0.6 is 11.3 Å². The Balaban J connectivity index is 1.88. The standard InChI is InChI=1S/C13H10FN3O2S2/c14-8-1-6-11-12(7-8)20-13(17-11)16-9-2-4-10(5-3-9)21(15,18)19/h1-7H,(H,16,17)(H2,15,18,19). The van der Waals surface area contributed by atoms with Crippen molar-refractivity contribution in [2.45, 2.75) is 4.90 Å². The van der Waals surface area contributed by atoms with E-state index < -0.39 is 10.0 Å². The van der Waals surface area contributed by atoms with E-state index in [1.165, 1.54) is 35.6 Å². The third-order valence-electron chi connectivity index (χ3n) is 2.78. The van der Waals surface area contributed by atoms with E-state index in [4.69, 9.17) is 5.14 Å². The van der Waals surface area contributed by atoms with Crippen LogP contribution in [0.3, 0.4) is 0 Å². The summed E-state index contributed by atoms with van der Waals surface area (Å²) in [5, 5.41) is 8.67. The first kappa shape index (κ1) is 13.9. The van der Waals surface area contributed by atoms with Crippen LogP contribution in [0.5, 0.6) is 0 Å². The Bertz CT molecular complexity index is 905. The smallest absolute Gasteiger partial charge is 0.238 e. The molecular formula is C13H10FN3O2S2. The third-order valence-corrected chi connectivity index (χ3v) is 4.65. The second kappa shape index (κ2) is 5.06. The van der Waals surface area contributed by atoms with E-state index in [1.807, 2.05) is 0 Å². The van der Waals surface area contributed by atoms with E-state index in [-0.39, 0.29) is 10.7 Å². The quantitative estimate of drug-likeness (QED) is 0.776. The van der Waals surface area contributed by atoms with Crippen LogP contribution in [0.2, 0.25) is 0 Å². The lowest BCUT2D eigenvalue weighted by Crippen LogP contribution is -2.11. The van der Waals surface area contributed by atoms with Gasteiger partial charge in [0.1, 0.15) is 5.82 Å². The molecule has 0 unspecified atom stereocenters. The van der Waals surface area contributed by atoms with Crippen LogP contribution < -0.4 is 10.5 Å². The molecule has 0 saturated carbocycles. The monoisotopic (exact) mass is 323 g/mol. The van der Waals surface area contributed by atoms with Gasteiger partial charge < -0.3 is 5.32 Å². The van der Waals surface area contributed by atoms with Crippen LogP contribution in [-0.4, -0.2) is 13.4 Å². The number of nitrogens with two attached hydrogens (primary N) is 1. The van der Waals surface area contributed by atoms with Crippen molar-refractivity contribution >= 4 is 42.4 Å². The Morgan fingerprint density at radius 1 is 1.14 bits per heavy atom. The van der Waals surface area contributed by atoms with Crippen LogP contribution in [0.1, 0.15) is 0 Å².